The van der Waals surface area contributed by atoms with Gasteiger partial charge in [-0.2, -0.15) is 0 Å². The van der Waals surface area contributed by atoms with Crippen molar-refractivity contribution in [3.05, 3.63) is 11.8 Å². The molecule has 0 spiro atoms. The van der Waals surface area contributed by atoms with E-state index in [2.05, 4.69) is 0 Å². The molecule has 0 fully saturated rings. The Hall–Kier alpha value is -1.52. The van der Waals surface area contributed by atoms with E-state index >= 15 is 0 Å². The molecule has 5 heteroatoms. The van der Waals surface area contributed by atoms with Gasteiger partial charge in [0.25, 0.3) is 0 Å². The molecular weight excluding hydrogens is 222 g/mol. The fraction of sp³-hybridized carbons (Fsp3) is 0.667. The van der Waals surface area contributed by atoms with Gasteiger partial charge in [-0.25, -0.2) is 4.79 Å². The highest BCUT2D eigenvalue weighted by atomic mass is 16.5. The van der Waals surface area contributed by atoms with Crippen LogP contribution in [0.5, 0.6) is 0 Å². The SMILES string of the molecule is CCOC(=O)CCC(=CN(C)C)C(=O)OCC. The third-order valence-electron chi connectivity index (χ3n) is 1.86. The van der Waals surface area contributed by atoms with Crippen LogP contribution in [-0.2, 0) is 19.1 Å². The zero-order chi connectivity index (χ0) is 13.3. The average molecular weight is 243 g/mol. The molecule has 0 aliphatic rings. The number of carbonyl (C=O) groups is 2. The average Bonchev–Trinajstić information content (AvgIpc) is 2.24. The summed E-state index contributed by atoms with van der Waals surface area (Å²) >= 11 is 0. The maximum atomic E-state index is 11.6. The van der Waals surface area contributed by atoms with Crippen molar-refractivity contribution in [3.63, 3.8) is 0 Å². The summed E-state index contributed by atoms with van der Waals surface area (Å²) in [6, 6.07) is 0. The number of nitrogens with zero attached hydrogens (tertiary/aromatic N) is 1. The van der Waals surface area contributed by atoms with E-state index in [1.807, 2.05) is 14.1 Å². The van der Waals surface area contributed by atoms with Gasteiger partial charge in [-0.15, -0.1) is 0 Å². The second-order valence-electron chi connectivity index (χ2n) is 3.64. The van der Waals surface area contributed by atoms with Crippen molar-refractivity contribution in [3.8, 4) is 0 Å². The van der Waals surface area contributed by atoms with Crippen LogP contribution in [0.3, 0.4) is 0 Å². The maximum Gasteiger partial charge on any atom is 0.335 e. The normalized spacial score (nSPS) is 10.9. The number of rotatable bonds is 7. The predicted octanol–water partition coefficient (Wildman–Crippen LogP) is 1.34. The lowest BCUT2D eigenvalue weighted by atomic mass is 10.1. The number of ether oxygens (including phenoxy) is 2. The van der Waals surface area contributed by atoms with Gasteiger partial charge in [0.15, 0.2) is 0 Å². The Labute approximate surface area is 102 Å². The van der Waals surface area contributed by atoms with Crippen molar-refractivity contribution < 1.29 is 19.1 Å². The molecule has 0 rings (SSSR count). The Balaban J connectivity index is 4.40. The lowest BCUT2D eigenvalue weighted by Gasteiger charge is -2.11. The van der Waals surface area contributed by atoms with Gasteiger partial charge in [0.1, 0.15) is 0 Å². The third-order valence-corrected chi connectivity index (χ3v) is 1.86. The van der Waals surface area contributed by atoms with E-state index < -0.39 is 0 Å². The molecule has 98 valence electrons. The molecule has 0 amide bonds. The Bertz CT molecular complexity index is 284. The zero-order valence-electron chi connectivity index (χ0n) is 11.0. The lowest BCUT2D eigenvalue weighted by molar-refractivity contribution is -0.143. The molecule has 0 aliphatic heterocycles. The fourth-order valence-electron chi connectivity index (χ4n) is 1.22. The molecule has 0 aromatic rings. The first-order valence-electron chi connectivity index (χ1n) is 5.71. The molecule has 0 saturated carbocycles. The second kappa shape index (κ2) is 8.61. The highest BCUT2D eigenvalue weighted by molar-refractivity contribution is 5.89. The Morgan fingerprint density at radius 3 is 2.12 bits per heavy atom. The summed E-state index contributed by atoms with van der Waals surface area (Å²) in [7, 11) is 3.62. The summed E-state index contributed by atoms with van der Waals surface area (Å²) in [4.78, 5) is 24.5. The van der Waals surface area contributed by atoms with Crippen molar-refractivity contribution in [2.24, 2.45) is 0 Å². The molecule has 0 unspecified atom stereocenters. The van der Waals surface area contributed by atoms with Gasteiger partial charge in [-0.05, 0) is 20.3 Å². The monoisotopic (exact) mass is 243 g/mol. The zero-order valence-corrected chi connectivity index (χ0v) is 11.0. The molecule has 0 aromatic carbocycles. The van der Waals surface area contributed by atoms with E-state index in [9.17, 15) is 9.59 Å². The van der Waals surface area contributed by atoms with Gasteiger partial charge in [0.05, 0.1) is 18.8 Å². The Morgan fingerprint density at radius 2 is 1.65 bits per heavy atom. The molecule has 0 saturated heterocycles. The van der Waals surface area contributed by atoms with Gasteiger partial charge in [0.2, 0.25) is 0 Å². The molecule has 0 aromatic heterocycles. The van der Waals surface area contributed by atoms with E-state index in [0.29, 0.717) is 25.2 Å². The number of carbonyl (C=O) groups excluding carboxylic acids is 2. The van der Waals surface area contributed by atoms with Gasteiger partial charge < -0.3 is 14.4 Å². The molecule has 0 radical (unpaired) electrons. The van der Waals surface area contributed by atoms with Gasteiger partial charge in [0, 0.05) is 26.7 Å². The summed E-state index contributed by atoms with van der Waals surface area (Å²) < 4.78 is 9.72. The number of esters is 2. The van der Waals surface area contributed by atoms with E-state index in [1.165, 1.54) is 0 Å². The molecule has 0 N–H and O–H groups in total. The van der Waals surface area contributed by atoms with Crippen LogP contribution < -0.4 is 0 Å². The molecule has 17 heavy (non-hydrogen) atoms. The lowest BCUT2D eigenvalue weighted by Crippen LogP contribution is -2.14. The maximum absolute atomic E-state index is 11.6. The highest BCUT2D eigenvalue weighted by Gasteiger charge is 2.13. The highest BCUT2D eigenvalue weighted by Crippen LogP contribution is 2.09. The van der Waals surface area contributed by atoms with Crippen LogP contribution in [0, 0.1) is 0 Å². The van der Waals surface area contributed by atoms with Crippen LogP contribution in [0.15, 0.2) is 11.8 Å². The molecule has 0 bridgehead atoms. The van der Waals surface area contributed by atoms with E-state index in [1.54, 1.807) is 24.9 Å². The van der Waals surface area contributed by atoms with E-state index in [-0.39, 0.29) is 18.4 Å². The van der Waals surface area contributed by atoms with Crippen LogP contribution in [-0.4, -0.2) is 44.1 Å². The molecule has 5 nitrogen and oxygen atoms in total. The summed E-state index contributed by atoms with van der Waals surface area (Å²) in [5, 5.41) is 0. The first-order chi connectivity index (χ1) is 8.01. The predicted molar refractivity (Wildman–Crippen MR) is 64.3 cm³/mol. The Morgan fingerprint density at radius 1 is 1.06 bits per heavy atom. The van der Waals surface area contributed by atoms with Gasteiger partial charge >= 0.3 is 11.9 Å². The van der Waals surface area contributed by atoms with Crippen molar-refractivity contribution >= 4 is 11.9 Å². The first-order valence-corrected chi connectivity index (χ1v) is 5.71. The van der Waals surface area contributed by atoms with E-state index in [0.717, 1.165) is 0 Å². The van der Waals surface area contributed by atoms with Crippen molar-refractivity contribution in [2.75, 3.05) is 27.3 Å². The number of hydrogen-bond donors (Lipinski definition) is 0. The minimum absolute atomic E-state index is 0.187. The number of hydrogen-bond acceptors (Lipinski definition) is 5. The smallest absolute Gasteiger partial charge is 0.335 e. The first kappa shape index (κ1) is 15.5. The van der Waals surface area contributed by atoms with Gasteiger partial charge in [-0.1, -0.05) is 0 Å². The van der Waals surface area contributed by atoms with Crippen molar-refractivity contribution in [1.82, 2.24) is 4.90 Å². The molecule has 0 heterocycles. The van der Waals surface area contributed by atoms with Crippen LogP contribution in [0.4, 0.5) is 0 Å². The summed E-state index contributed by atoms with van der Waals surface area (Å²) in [5.74, 6) is -0.688. The van der Waals surface area contributed by atoms with E-state index in [4.69, 9.17) is 9.47 Å². The third kappa shape index (κ3) is 7.38. The summed E-state index contributed by atoms with van der Waals surface area (Å²) in [6.07, 6.45) is 2.18. The molecular formula is C12H21NO4. The van der Waals surface area contributed by atoms with Crippen molar-refractivity contribution in [1.29, 1.82) is 0 Å². The van der Waals surface area contributed by atoms with Gasteiger partial charge in [-0.3, -0.25) is 4.79 Å². The van der Waals surface area contributed by atoms with Crippen LogP contribution in [0.1, 0.15) is 26.7 Å². The molecule has 0 atom stereocenters. The topological polar surface area (TPSA) is 55.8 Å². The summed E-state index contributed by atoms with van der Waals surface area (Å²) in [6.45, 7) is 4.17. The standard InChI is InChI=1S/C12H21NO4/c1-5-16-11(14)8-7-10(9-13(3)4)12(15)17-6-2/h9H,5-8H2,1-4H3. The van der Waals surface area contributed by atoms with Crippen LogP contribution >= 0.6 is 0 Å². The minimum atomic E-state index is -0.384. The quantitative estimate of drug-likeness (QED) is 0.499. The molecule has 0 aliphatic carbocycles. The largest absolute Gasteiger partial charge is 0.466 e. The van der Waals surface area contributed by atoms with Crippen molar-refractivity contribution in [2.45, 2.75) is 26.7 Å². The Kier molecular flexibility index (Phi) is 7.84. The fourth-order valence-corrected chi connectivity index (χ4v) is 1.22. The van der Waals surface area contributed by atoms with Crippen LogP contribution in [0.25, 0.3) is 0 Å². The minimum Gasteiger partial charge on any atom is -0.466 e. The van der Waals surface area contributed by atoms with Crippen LogP contribution in [0.2, 0.25) is 0 Å². The second-order valence-corrected chi connectivity index (χ2v) is 3.64. The summed E-state index contributed by atoms with van der Waals surface area (Å²) in [5.41, 5.74) is 0.477.